The first-order valence-electron chi connectivity index (χ1n) is 7.19. The van der Waals surface area contributed by atoms with Crippen molar-refractivity contribution in [2.45, 2.75) is 25.6 Å². The number of fused-ring (bicyclic) bond motifs is 1. The van der Waals surface area contributed by atoms with Crippen molar-refractivity contribution in [3.63, 3.8) is 0 Å². The van der Waals surface area contributed by atoms with Crippen LogP contribution >= 0.6 is 0 Å². The van der Waals surface area contributed by atoms with E-state index in [9.17, 15) is 13.2 Å². The molecule has 7 heteroatoms. The summed E-state index contributed by atoms with van der Waals surface area (Å²) in [6.07, 6.45) is -1.87. The van der Waals surface area contributed by atoms with Gasteiger partial charge in [-0.1, -0.05) is 12.1 Å². The second-order valence-corrected chi connectivity index (χ2v) is 5.20. The second-order valence-electron chi connectivity index (χ2n) is 5.20. The summed E-state index contributed by atoms with van der Waals surface area (Å²) in [5, 5.41) is 4.15. The fraction of sp³-hybridized carbons (Fsp3) is 0.250. The third-order valence-electron chi connectivity index (χ3n) is 3.50. The number of rotatable bonds is 5. The maximum Gasteiger partial charge on any atom is 0.389 e. The van der Waals surface area contributed by atoms with E-state index in [-0.39, 0.29) is 6.42 Å². The van der Waals surface area contributed by atoms with Gasteiger partial charge in [-0.25, -0.2) is 9.97 Å². The Morgan fingerprint density at radius 3 is 2.83 bits per heavy atom. The van der Waals surface area contributed by atoms with Gasteiger partial charge in [-0.2, -0.15) is 13.2 Å². The van der Waals surface area contributed by atoms with Gasteiger partial charge in [-0.05, 0) is 30.2 Å². The molecule has 2 heterocycles. The molecule has 1 aromatic carbocycles. The second kappa shape index (κ2) is 6.28. The van der Waals surface area contributed by atoms with E-state index in [4.69, 9.17) is 0 Å². The Labute approximate surface area is 130 Å². The Balaban J connectivity index is 1.67. The molecule has 0 amide bonds. The topological polar surface area (TPSA) is 53.6 Å². The van der Waals surface area contributed by atoms with Crippen LogP contribution in [0.3, 0.4) is 0 Å². The number of nitrogens with one attached hydrogen (secondary N) is 2. The Morgan fingerprint density at radius 1 is 1.13 bits per heavy atom. The number of nitrogens with zero attached hydrogens (tertiary/aromatic N) is 2. The standard InChI is InChI=1S/C16H15F3N4/c17-16(18,19)7-4-12-5-8-21-15(23-12)22-10-11-2-1-3-14-13(11)6-9-20-14/h1-3,5-6,8-9,20H,4,7,10H2,(H,21,22,23). The van der Waals surface area contributed by atoms with Crippen molar-refractivity contribution in [3.05, 3.63) is 54.0 Å². The number of aromatic nitrogens is 3. The number of aromatic amines is 1. The van der Waals surface area contributed by atoms with Crippen molar-refractivity contribution >= 4 is 16.9 Å². The van der Waals surface area contributed by atoms with Crippen molar-refractivity contribution < 1.29 is 13.2 Å². The minimum atomic E-state index is -4.18. The molecule has 0 spiro atoms. The normalized spacial score (nSPS) is 11.8. The predicted octanol–water partition coefficient (Wildman–Crippen LogP) is 4.06. The zero-order valence-corrected chi connectivity index (χ0v) is 12.2. The van der Waals surface area contributed by atoms with E-state index in [1.165, 1.54) is 12.3 Å². The van der Waals surface area contributed by atoms with Crippen molar-refractivity contribution in [2.24, 2.45) is 0 Å². The highest BCUT2D eigenvalue weighted by Crippen LogP contribution is 2.22. The van der Waals surface area contributed by atoms with E-state index in [2.05, 4.69) is 20.3 Å². The van der Waals surface area contributed by atoms with Crippen molar-refractivity contribution in [3.8, 4) is 0 Å². The molecular formula is C16H15F3N4. The lowest BCUT2D eigenvalue weighted by Crippen LogP contribution is -2.10. The summed E-state index contributed by atoms with van der Waals surface area (Å²) in [6, 6.07) is 9.39. The van der Waals surface area contributed by atoms with Crippen LogP contribution in [-0.4, -0.2) is 21.1 Å². The number of halogens is 3. The quantitative estimate of drug-likeness (QED) is 0.745. The molecule has 0 aliphatic carbocycles. The molecule has 2 N–H and O–H groups in total. The van der Waals surface area contributed by atoms with E-state index < -0.39 is 12.6 Å². The molecule has 0 atom stereocenters. The Morgan fingerprint density at radius 2 is 2.00 bits per heavy atom. The van der Waals surface area contributed by atoms with Crippen LogP contribution in [0.25, 0.3) is 10.9 Å². The van der Waals surface area contributed by atoms with Crippen molar-refractivity contribution in [1.82, 2.24) is 15.0 Å². The van der Waals surface area contributed by atoms with Gasteiger partial charge in [0.25, 0.3) is 0 Å². The Hall–Kier alpha value is -2.57. The SMILES string of the molecule is FC(F)(F)CCc1ccnc(NCc2cccc3[nH]ccc23)n1. The fourth-order valence-corrected chi connectivity index (χ4v) is 2.37. The molecule has 0 unspecified atom stereocenters. The van der Waals surface area contributed by atoms with Gasteiger partial charge in [0, 0.05) is 42.0 Å². The average molecular weight is 320 g/mol. The van der Waals surface area contributed by atoms with E-state index in [0.29, 0.717) is 18.2 Å². The van der Waals surface area contributed by atoms with Gasteiger partial charge in [-0.15, -0.1) is 0 Å². The molecule has 0 saturated carbocycles. The van der Waals surface area contributed by atoms with Crippen molar-refractivity contribution in [2.75, 3.05) is 5.32 Å². The first-order chi connectivity index (χ1) is 11.0. The lowest BCUT2D eigenvalue weighted by molar-refractivity contribution is -0.134. The minimum Gasteiger partial charge on any atom is -0.361 e. The summed E-state index contributed by atoms with van der Waals surface area (Å²) in [5.41, 5.74) is 2.47. The summed E-state index contributed by atoms with van der Waals surface area (Å²) < 4.78 is 36.8. The van der Waals surface area contributed by atoms with Gasteiger partial charge in [0.15, 0.2) is 0 Å². The van der Waals surface area contributed by atoms with Crippen LogP contribution in [0, 0.1) is 0 Å². The Bertz CT molecular complexity index is 795. The summed E-state index contributed by atoms with van der Waals surface area (Å²) in [5.74, 6) is 0.331. The number of anilines is 1. The average Bonchev–Trinajstić information content (AvgIpc) is 3.00. The molecule has 0 fully saturated rings. The zero-order chi connectivity index (χ0) is 16.3. The van der Waals surface area contributed by atoms with Crippen LogP contribution in [0.4, 0.5) is 19.1 Å². The summed E-state index contributed by atoms with van der Waals surface area (Å²) in [7, 11) is 0. The molecule has 2 aromatic heterocycles. The minimum absolute atomic E-state index is 0.145. The smallest absolute Gasteiger partial charge is 0.361 e. The molecule has 120 valence electrons. The van der Waals surface area contributed by atoms with Crippen LogP contribution in [0.15, 0.2) is 42.7 Å². The number of aryl methyl sites for hydroxylation is 1. The largest absolute Gasteiger partial charge is 0.389 e. The number of benzene rings is 1. The Kier molecular flexibility index (Phi) is 4.18. The maximum atomic E-state index is 12.3. The van der Waals surface area contributed by atoms with Crippen LogP contribution in [0.5, 0.6) is 0 Å². The molecule has 0 saturated heterocycles. The molecule has 0 aliphatic rings. The van der Waals surface area contributed by atoms with E-state index in [1.807, 2.05) is 30.5 Å². The zero-order valence-electron chi connectivity index (χ0n) is 12.2. The molecule has 4 nitrogen and oxygen atoms in total. The number of hydrogen-bond donors (Lipinski definition) is 2. The van der Waals surface area contributed by atoms with E-state index in [0.717, 1.165) is 16.5 Å². The number of hydrogen-bond acceptors (Lipinski definition) is 3. The lowest BCUT2D eigenvalue weighted by Gasteiger charge is -2.09. The molecule has 0 bridgehead atoms. The van der Waals surface area contributed by atoms with Gasteiger partial charge in [-0.3, -0.25) is 0 Å². The van der Waals surface area contributed by atoms with E-state index >= 15 is 0 Å². The monoisotopic (exact) mass is 320 g/mol. The highest BCUT2D eigenvalue weighted by molar-refractivity contribution is 5.83. The van der Waals surface area contributed by atoms with Crippen molar-refractivity contribution in [1.29, 1.82) is 0 Å². The molecule has 3 rings (SSSR count). The van der Waals surface area contributed by atoms with Gasteiger partial charge in [0.05, 0.1) is 0 Å². The summed E-state index contributed by atoms with van der Waals surface area (Å²) in [6.45, 7) is 0.498. The molecule has 23 heavy (non-hydrogen) atoms. The van der Waals surface area contributed by atoms with Crippen LogP contribution in [-0.2, 0) is 13.0 Å². The van der Waals surface area contributed by atoms with E-state index in [1.54, 1.807) is 0 Å². The summed E-state index contributed by atoms with van der Waals surface area (Å²) in [4.78, 5) is 11.3. The van der Waals surface area contributed by atoms with Gasteiger partial charge < -0.3 is 10.3 Å². The van der Waals surface area contributed by atoms with Gasteiger partial charge >= 0.3 is 6.18 Å². The lowest BCUT2D eigenvalue weighted by atomic mass is 10.1. The van der Waals surface area contributed by atoms with Gasteiger partial charge in [0.1, 0.15) is 0 Å². The summed E-state index contributed by atoms with van der Waals surface area (Å²) >= 11 is 0. The predicted molar refractivity (Wildman–Crippen MR) is 82.0 cm³/mol. The maximum absolute atomic E-state index is 12.3. The third-order valence-corrected chi connectivity index (χ3v) is 3.50. The van der Waals surface area contributed by atoms with Gasteiger partial charge in [0.2, 0.25) is 5.95 Å². The molecule has 0 aliphatic heterocycles. The number of alkyl halides is 3. The fourth-order valence-electron chi connectivity index (χ4n) is 2.37. The van der Waals surface area contributed by atoms with Crippen LogP contribution < -0.4 is 5.32 Å². The van der Waals surface area contributed by atoms with Crippen LogP contribution in [0.1, 0.15) is 17.7 Å². The third kappa shape index (κ3) is 4.00. The molecule has 3 aromatic rings. The van der Waals surface area contributed by atoms with Crippen LogP contribution in [0.2, 0.25) is 0 Å². The highest BCUT2D eigenvalue weighted by Gasteiger charge is 2.26. The molecular weight excluding hydrogens is 305 g/mol. The number of H-pyrrole nitrogens is 1. The first kappa shape index (κ1) is 15.3. The highest BCUT2D eigenvalue weighted by atomic mass is 19.4. The first-order valence-corrected chi connectivity index (χ1v) is 7.19. The molecule has 0 radical (unpaired) electrons.